The monoisotopic (exact) mass is 402 g/mol. The summed E-state index contributed by atoms with van der Waals surface area (Å²) in [5, 5.41) is 0. The highest BCUT2D eigenvalue weighted by Crippen LogP contribution is 2.21. The molecule has 1 heterocycles. The van der Waals surface area contributed by atoms with Gasteiger partial charge in [-0.2, -0.15) is 4.31 Å². The van der Waals surface area contributed by atoms with Gasteiger partial charge < -0.3 is 4.90 Å². The summed E-state index contributed by atoms with van der Waals surface area (Å²) in [7, 11) is -3.48. The second-order valence-corrected chi connectivity index (χ2v) is 8.73. The molecule has 23 heavy (non-hydrogen) atoms. The van der Waals surface area contributed by atoms with Crippen molar-refractivity contribution in [3.05, 3.63) is 28.7 Å². The number of nitrogens with zero attached hydrogens (tertiary/aromatic N) is 2. The van der Waals surface area contributed by atoms with Crippen LogP contribution in [0.15, 0.2) is 33.6 Å². The average Bonchev–Trinajstić information content (AvgIpc) is 2.55. The third kappa shape index (κ3) is 4.33. The average molecular weight is 403 g/mol. The summed E-state index contributed by atoms with van der Waals surface area (Å²) in [5.41, 5.74) is 0. The zero-order valence-electron chi connectivity index (χ0n) is 13.5. The number of benzene rings is 1. The van der Waals surface area contributed by atoms with E-state index in [1.807, 2.05) is 6.92 Å². The molecule has 1 aromatic rings. The van der Waals surface area contributed by atoms with E-state index in [1.54, 1.807) is 29.2 Å². The highest BCUT2D eigenvalue weighted by Gasteiger charge is 2.31. The van der Waals surface area contributed by atoms with Gasteiger partial charge in [-0.05, 0) is 30.7 Å². The third-order valence-electron chi connectivity index (χ3n) is 4.14. The molecule has 128 valence electrons. The van der Waals surface area contributed by atoms with Gasteiger partial charge in [-0.25, -0.2) is 8.42 Å². The lowest BCUT2D eigenvalue weighted by atomic mass is 10.0. The molecular weight excluding hydrogens is 380 g/mol. The molecule has 1 aliphatic heterocycles. The molecule has 0 bridgehead atoms. The Kier molecular flexibility index (Phi) is 6.22. The first-order valence-corrected chi connectivity index (χ1v) is 10.1. The maximum absolute atomic E-state index is 12.6. The Morgan fingerprint density at radius 1 is 1.17 bits per heavy atom. The zero-order valence-corrected chi connectivity index (χ0v) is 15.9. The summed E-state index contributed by atoms with van der Waals surface area (Å²) in [6, 6.07) is 6.64. The Balaban J connectivity index is 2.01. The molecule has 2 rings (SSSR count). The van der Waals surface area contributed by atoms with Crippen molar-refractivity contribution in [3.8, 4) is 0 Å². The number of carbonyl (C=O) groups is 1. The molecule has 5 nitrogen and oxygen atoms in total. The van der Waals surface area contributed by atoms with E-state index in [0.29, 0.717) is 31.1 Å². The normalized spacial score (nSPS) is 18.0. The second-order valence-electron chi connectivity index (χ2n) is 5.87. The Hall–Kier alpha value is -0.920. The van der Waals surface area contributed by atoms with Crippen LogP contribution in [0.3, 0.4) is 0 Å². The van der Waals surface area contributed by atoms with Crippen LogP contribution in [0.25, 0.3) is 0 Å². The molecule has 1 amide bonds. The van der Waals surface area contributed by atoms with Crippen molar-refractivity contribution in [2.75, 3.05) is 26.2 Å². The minimum absolute atomic E-state index is 0.00892. The summed E-state index contributed by atoms with van der Waals surface area (Å²) in [5.74, 6) is 0.141. The molecular formula is C16H23BrN2O3S. The van der Waals surface area contributed by atoms with E-state index < -0.39 is 10.0 Å². The number of rotatable bonds is 5. The highest BCUT2D eigenvalue weighted by atomic mass is 79.9. The van der Waals surface area contributed by atoms with Gasteiger partial charge in [-0.15, -0.1) is 0 Å². The summed E-state index contributed by atoms with van der Waals surface area (Å²) >= 11 is 3.31. The maximum Gasteiger partial charge on any atom is 0.243 e. The number of piperazine rings is 1. The molecule has 1 aliphatic rings. The molecule has 0 radical (unpaired) electrons. The van der Waals surface area contributed by atoms with Crippen molar-refractivity contribution < 1.29 is 13.2 Å². The molecule has 1 saturated heterocycles. The first kappa shape index (κ1) is 18.4. The first-order chi connectivity index (χ1) is 10.9. The lowest BCUT2D eigenvalue weighted by Crippen LogP contribution is -2.51. The fraction of sp³-hybridized carbons (Fsp3) is 0.562. The lowest BCUT2D eigenvalue weighted by Gasteiger charge is -2.35. The predicted molar refractivity (Wildman–Crippen MR) is 93.6 cm³/mol. The maximum atomic E-state index is 12.6. The van der Waals surface area contributed by atoms with Crippen molar-refractivity contribution in [1.29, 1.82) is 0 Å². The Labute approximate surface area is 146 Å². The van der Waals surface area contributed by atoms with E-state index in [1.165, 1.54) is 4.31 Å². The second kappa shape index (κ2) is 7.77. The van der Waals surface area contributed by atoms with Crippen molar-refractivity contribution in [1.82, 2.24) is 9.21 Å². The van der Waals surface area contributed by atoms with Gasteiger partial charge in [0.05, 0.1) is 4.90 Å². The Morgan fingerprint density at radius 3 is 2.26 bits per heavy atom. The highest BCUT2D eigenvalue weighted by molar-refractivity contribution is 9.10. The van der Waals surface area contributed by atoms with Gasteiger partial charge in [0.25, 0.3) is 0 Å². The molecule has 1 atom stereocenters. The third-order valence-corrected chi connectivity index (χ3v) is 6.59. The predicted octanol–water partition coefficient (Wildman–Crippen LogP) is 2.72. The fourth-order valence-corrected chi connectivity index (χ4v) is 4.46. The van der Waals surface area contributed by atoms with Gasteiger partial charge in [0.1, 0.15) is 0 Å². The smallest absolute Gasteiger partial charge is 0.243 e. The van der Waals surface area contributed by atoms with Crippen molar-refractivity contribution >= 4 is 31.9 Å². The number of carbonyl (C=O) groups excluding carboxylic acids is 1. The van der Waals surface area contributed by atoms with Gasteiger partial charge in [0.15, 0.2) is 0 Å². The number of halogens is 1. The van der Waals surface area contributed by atoms with Crippen molar-refractivity contribution in [2.45, 2.75) is 31.6 Å². The van der Waals surface area contributed by atoms with Gasteiger partial charge >= 0.3 is 0 Å². The minimum Gasteiger partial charge on any atom is -0.340 e. The van der Waals surface area contributed by atoms with Crippen LogP contribution in [0.5, 0.6) is 0 Å². The first-order valence-electron chi connectivity index (χ1n) is 7.90. The van der Waals surface area contributed by atoms with E-state index in [9.17, 15) is 13.2 Å². The van der Waals surface area contributed by atoms with Gasteiger partial charge in [-0.3, -0.25) is 4.79 Å². The quantitative estimate of drug-likeness (QED) is 0.760. The summed E-state index contributed by atoms with van der Waals surface area (Å²) < 4.78 is 27.5. The summed E-state index contributed by atoms with van der Waals surface area (Å²) in [6.45, 7) is 5.63. The zero-order chi connectivity index (χ0) is 17.0. The Bertz CT molecular complexity index is 638. The molecule has 1 fully saturated rings. The van der Waals surface area contributed by atoms with E-state index in [0.717, 1.165) is 17.3 Å². The molecule has 0 aliphatic carbocycles. The summed E-state index contributed by atoms with van der Waals surface area (Å²) in [4.78, 5) is 14.4. The molecule has 0 aromatic heterocycles. The van der Waals surface area contributed by atoms with Crippen LogP contribution < -0.4 is 0 Å². The molecule has 1 unspecified atom stereocenters. The number of sulfonamides is 1. The number of hydrogen-bond acceptors (Lipinski definition) is 3. The number of hydrogen-bond donors (Lipinski definition) is 0. The van der Waals surface area contributed by atoms with Crippen LogP contribution in [0.1, 0.15) is 26.7 Å². The molecule has 1 aromatic carbocycles. The van der Waals surface area contributed by atoms with E-state index in [-0.39, 0.29) is 11.8 Å². The van der Waals surface area contributed by atoms with E-state index in [4.69, 9.17) is 0 Å². The van der Waals surface area contributed by atoms with Crippen molar-refractivity contribution in [3.63, 3.8) is 0 Å². The van der Waals surface area contributed by atoms with Gasteiger partial charge in [-0.1, -0.05) is 36.2 Å². The lowest BCUT2D eigenvalue weighted by molar-refractivity contribution is -0.136. The molecule has 0 saturated carbocycles. The van der Waals surface area contributed by atoms with E-state index in [2.05, 4.69) is 22.9 Å². The standard InChI is InChI=1S/C16H23BrN2O3S/c1-3-4-13(2)16(20)18-9-11-19(12-10-18)23(21,22)15-7-5-14(17)6-8-15/h5-8,13H,3-4,9-12H2,1-2H3. The topological polar surface area (TPSA) is 57.7 Å². The largest absolute Gasteiger partial charge is 0.340 e. The van der Waals surface area contributed by atoms with Crippen LogP contribution in [0, 0.1) is 5.92 Å². The van der Waals surface area contributed by atoms with Crippen molar-refractivity contribution in [2.24, 2.45) is 5.92 Å². The molecule has 0 spiro atoms. The number of amides is 1. The SMILES string of the molecule is CCCC(C)C(=O)N1CCN(S(=O)(=O)c2ccc(Br)cc2)CC1. The summed E-state index contributed by atoms with van der Waals surface area (Å²) in [6.07, 6.45) is 1.85. The molecule has 0 N–H and O–H groups in total. The van der Waals surface area contributed by atoms with Crippen LogP contribution in [-0.2, 0) is 14.8 Å². The van der Waals surface area contributed by atoms with Crippen LogP contribution in [-0.4, -0.2) is 49.7 Å². The van der Waals surface area contributed by atoms with Crippen LogP contribution in [0.2, 0.25) is 0 Å². The van der Waals surface area contributed by atoms with Gasteiger partial charge in [0, 0.05) is 36.6 Å². The Morgan fingerprint density at radius 2 is 1.74 bits per heavy atom. The fourth-order valence-electron chi connectivity index (χ4n) is 2.77. The molecule has 7 heteroatoms. The minimum atomic E-state index is -3.48. The van der Waals surface area contributed by atoms with Gasteiger partial charge in [0.2, 0.25) is 15.9 Å². The van der Waals surface area contributed by atoms with E-state index >= 15 is 0 Å². The van der Waals surface area contributed by atoms with Crippen LogP contribution >= 0.6 is 15.9 Å². The van der Waals surface area contributed by atoms with Crippen LogP contribution in [0.4, 0.5) is 0 Å².